The van der Waals surface area contributed by atoms with Crippen molar-refractivity contribution in [2.75, 3.05) is 13.6 Å². The first-order valence-electron chi connectivity index (χ1n) is 5.63. The molecule has 2 amide bonds. The molecule has 1 aliphatic rings. The molecule has 0 radical (unpaired) electrons. The molecular weight excluding hydrogens is 192 g/mol. The summed E-state index contributed by atoms with van der Waals surface area (Å²) in [7, 11) is 1.64. The summed E-state index contributed by atoms with van der Waals surface area (Å²) in [5.74, 6) is 0.163. The van der Waals surface area contributed by atoms with Gasteiger partial charge in [-0.15, -0.1) is 0 Å². The minimum absolute atomic E-state index is 0.0526. The van der Waals surface area contributed by atoms with Crippen LogP contribution in [0.1, 0.15) is 39.0 Å². The molecule has 15 heavy (non-hydrogen) atoms. The summed E-state index contributed by atoms with van der Waals surface area (Å²) in [6.07, 6.45) is 4.76. The topological polar surface area (TPSA) is 49.4 Å². The molecule has 1 N–H and O–H groups in total. The fourth-order valence-electron chi connectivity index (χ4n) is 2.13. The molecule has 0 saturated carbocycles. The molecule has 1 saturated heterocycles. The largest absolute Gasteiger partial charge is 0.341 e. The van der Waals surface area contributed by atoms with Gasteiger partial charge in [-0.05, 0) is 19.8 Å². The van der Waals surface area contributed by atoms with E-state index in [-0.39, 0.29) is 17.9 Å². The molecular formula is C11H20N2O2. The van der Waals surface area contributed by atoms with E-state index >= 15 is 0 Å². The van der Waals surface area contributed by atoms with Crippen LogP contribution >= 0.6 is 0 Å². The number of rotatable bonds is 2. The van der Waals surface area contributed by atoms with Crippen molar-refractivity contribution in [3.8, 4) is 0 Å². The number of ketones is 1. The first-order valence-corrected chi connectivity index (χ1v) is 5.63. The number of nitrogens with one attached hydrogen (secondary N) is 1. The maximum atomic E-state index is 11.6. The highest BCUT2D eigenvalue weighted by Gasteiger charge is 2.25. The summed E-state index contributed by atoms with van der Waals surface area (Å²) in [5.41, 5.74) is 0. The highest BCUT2D eigenvalue weighted by atomic mass is 16.2. The fraction of sp³-hybridized carbons (Fsp3) is 0.818. The maximum Gasteiger partial charge on any atom is 0.317 e. The maximum absolute atomic E-state index is 11.6. The molecule has 4 nitrogen and oxygen atoms in total. The van der Waals surface area contributed by atoms with Gasteiger partial charge in [-0.1, -0.05) is 12.8 Å². The Bertz CT molecular complexity index is 241. The third kappa shape index (κ3) is 3.53. The van der Waals surface area contributed by atoms with Crippen LogP contribution in [0.5, 0.6) is 0 Å². The number of hydrogen-bond acceptors (Lipinski definition) is 2. The van der Waals surface area contributed by atoms with E-state index in [9.17, 15) is 9.59 Å². The third-order valence-electron chi connectivity index (χ3n) is 2.87. The number of nitrogens with zero attached hydrogens (tertiary/aromatic N) is 1. The van der Waals surface area contributed by atoms with Gasteiger partial charge in [-0.3, -0.25) is 4.79 Å². The summed E-state index contributed by atoms with van der Waals surface area (Å²) in [6.45, 7) is 2.37. The fourth-order valence-corrected chi connectivity index (χ4v) is 2.13. The minimum Gasteiger partial charge on any atom is -0.341 e. The summed E-state index contributed by atoms with van der Waals surface area (Å²) in [6, 6.07) is 0.0492. The SMILES string of the molecule is CNC(=O)N1CCCCCC1CC(C)=O. The van der Waals surface area contributed by atoms with E-state index < -0.39 is 0 Å². The predicted molar refractivity (Wildman–Crippen MR) is 58.7 cm³/mol. The second-order valence-electron chi connectivity index (χ2n) is 4.16. The zero-order valence-corrected chi connectivity index (χ0v) is 9.58. The number of carbonyl (C=O) groups is 2. The van der Waals surface area contributed by atoms with Crippen molar-refractivity contribution in [3.05, 3.63) is 0 Å². The lowest BCUT2D eigenvalue weighted by Crippen LogP contribution is -2.45. The average molecular weight is 212 g/mol. The molecule has 0 aromatic carbocycles. The number of Topliss-reactive ketones (excluding diaryl/α,β-unsaturated/α-hetero) is 1. The van der Waals surface area contributed by atoms with Crippen LogP contribution < -0.4 is 5.32 Å². The van der Waals surface area contributed by atoms with E-state index in [1.165, 1.54) is 0 Å². The second kappa shape index (κ2) is 5.73. The van der Waals surface area contributed by atoms with Crippen LogP contribution in [-0.4, -0.2) is 36.3 Å². The lowest BCUT2D eigenvalue weighted by molar-refractivity contribution is -0.118. The Morgan fingerprint density at radius 2 is 2.07 bits per heavy atom. The van der Waals surface area contributed by atoms with E-state index in [1.807, 2.05) is 4.90 Å². The molecule has 1 rings (SSSR count). The van der Waals surface area contributed by atoms with Gasteiger partial charge in [0, 0.05) is 26.1 Å². The Hall–Kier alpha value is -1.06. The van der Waals surface area contributed by atoms with Crippen LogP contribution in [0.3, 0.4) is 0 Å². The van der Waals surface area contributed by atoms with Gasteiger partial charge >= 0.3 is 6.03 Å². The normalized spacial score (nSPS) is 22.0. The van der Waals surface area contributed by atoms with Crippen molar-refractivity contribution in [1.29, 1.82) is 0 Å². The van der Waals surface area contributed by atoms with E-state index in [0.717, 1.165) is 32.2 Å². The number of likely N-dealkylation sites (tertiary alicyclic amines) is 1. The molecule has 0 aromatic heterocycles. The van der Waals surface area contributed by atoms with Crippen LogP contribution in [0.2, 0.25) is 0 Å². The molecule has 1 fully saturated rings. The summed E-state index contributed by atoms with van der Waals surface area (Å²) in [5, 5.41) is 2.64. The van der Waals surface area contributed by atoms with E-state index in [4.69, 9.17) is 0 Å². The van der Waals surface area contributed by atoms with Crippen LogP contribution in [0.25, 0.3) is 0 Å². The first kappa shape index (κ1) is 12.0. The molecule has 86 valence electrons. The number of carbonyl (C=O) groups excluding carboxylic acids is 2. The highest BCUT2D eigenvalue weighted by molar-refractivity contribution is 5.78. The molecule has 1 atom stereocenters. The van der Waals surface area contributed by atoms with Crippen molar-refractivity contribution < 1.29 is 9.59 Å². The lowest BCUT2D eigenvalue weighted by atomic mass is 10.0. The van der Waals surface area contributed by atoms with Gasteiger partial charge in [-0.2, -0.15) is 0 Å². The van der Waals surface area contributed by atoms with Crippen molar-refractivity contribution in [2.45, 2.75) is 45.1 Å². The molecule has 0 aliphatic carbocycles. The third-order valence-corrected chi connectivity index (χ3v) is 2.87. The van der Waals surface area contributed by atoms with Gasteiger partial charge in [0.25, 0.3) is 0 Å². The number of amides is 2. The highest BCUT2D eigenvalue weighted by Crippen LogP contribution is 2.19. The summed E-state index contributed by atoms with van der Waals surface area (Å²) < 4.78 is 0. The van der Waals surface area contributed by atoms with Gasteiger partial charge in [0.05, 0.1) is 0 Å². The van der Waals surface area contributed by atoms with Crippen molar-refractivity contribution in [1.82, 2.24) is 10.2 Å². The van der Waals surface area contributed by atoms with E-state index in [2.05, 4.69) is 5.32 Å². The molecule has 1 aliphatic heterocycles. The molecule has 4 heteroatoms. The number of urea groups is 1. The summed E-state index contributed by atoms with van der Waals surface area (Å²) >= 11 is 0. The van der Waals surface area contributed by atoms with Gasteiger partial charge in [-0.25, -0.2) is 4.79 Å². The Kier molecular flexibility index (Phi) is 4.59. The predicted octanol–water partition coefficient (Wildman–Crippen LogP) is 1.55. The van der Waals surface area contributed by atoms with Crippen LogP contribution in [0.15, 0.2) is 0 Å². The van der Waals surface area contributed by atoms with Crippen molar-refractivity contribution in [3.63, 3.8) is 0 Å². The molecule has 0 spiro atoms. The van der Waals surface area contributed by atoms with Gasteiger partial charge in [0.2, 0.25) is 0 Å². The Labute approximate surface area is 91.0 Å². The Morgan fingerprint density at radius 3 is 2.67 bits per heavy atom. The minimum atomic E-state index is -0.0526. The average Bonchev–Trinajstić information content (AvgIpc) is 2.41. The second-order valence-corrected chi connectivity index (χ2v) is 4.16. The lowest BCUT2D eigenvalue weighted by Gasteiger charge is -2.28. The van der Waals surface area contributed by atoms with Crippen LogP contribution in [0, 0.1) is 0 Å². The standard InChI is InChI=1S/C11H20N2O2/c1-9(14)8-10-6-4-3-5-7-13(10)11(15)12-2/h10H,3-8H2,1-2H3,(H,12,15). The Balaban J connectivity index is 2.66. The van der Waals surface area contributed by atoms with Crippen molar-refractivity contribution in [2.24, 2.45) is 0 Å². The monoisotopic (exact) mass is 212 g/mol. The van der Waals surface area contributed by atoms with Crippen LogP contribution in [0.4, 0.5) is 4.79 Å². The van der Waals surface area contributed by atoms with Gasteiger partial charge < -0.3 is 10.2 Å². The smallest absolute Gasteiger partial charge is 0.317 e. The Morgan fingerprint density at radius 1 is 1.33 bits per heavy atom. The van der Waals surface area contributed by atoms with Crippen LogP contribution in [-0.2, 0) is 4.79 Å². The molecule has 1 unspecified atom stereocenters. The molecule has 0 bridgehead atoms. The van der Waals surface area contributed by atoms with E-state index in [1.54, 1.807) is 14.0 Å². The number of hydrogen-bond donors (Lipinski definition) is 1. The zero-order chi connectivity index (χ0) is 11.3. The summed E-state index contributed by atoms with van der Waals surface area (Å²) in [4.78, 5) is 24.6. The van der Waals surface area contributed by atoms with Crippen molar-refractivity contribution >= 4 is 11.8 Å². The van der Waals surface area contributed by atoms with Gasteiger partial charge in [0.15, 0.2) is 0 Å². The van der Waals surface area contributed by atoms with E-state index in [0.29, 0.717) is 6.42 Å². The molecule has 0 aromatic rings. The molecule has 1 heterocycles. The quantitative estimate of drug-likeness (QED) is 0.755. The zero-order valence-electron chi connectivity index (χ0n) is 9.58. The first-order chi connectivity index (χ1) is 7.15. The van der Waals surface area contributed by atoms with Gasteiger partial charge in [0.1, 0.15) is 5.78 Å².